The number of benzene rings is 2. The Morgan fingerprint density at radius 1 is 1.07 bits per heavy atom. The third-order valence-electron chi connectivity index (χ3n) is 4.93. The van der Waals surface area contributed by atoms with E-state index in [1.807, 2.05) is 28.9 Å². The number of aryl methyl sites for hydroxylation is 2. The smallest absolute Gasteiger partial charge is 0.271 e. The molecule has 1 aliphatic rings. The van der Waals surface area contributed by atoms with Crippen LogP contribution in [0.25, 0.3) is 5.69 Å². The third kappa shape index (κ3) is 3.10. The molecule has 0 radical (unpaired) electrons. The molecule has 0 aliphatic carbocycles. The molecule has 5 heteroatoms. The summed E-state index contributed by atoms with van der Waals surface area (Å²) in [6.07, 6.45) is 0. The van der Waals surface area contributed by atoms with Crippen molar-refractivity contribution >= 4 is 21.8 Å². The Morgan fingerprint density at radius 2 is 1.70 bits per heavy atom. The predicted molar refractivity (Wildman–Crippen MR) is 111 cm³/mol. The number of carbonyl (C=O) groups is 1. The van der Waals surface area contributed by atoms with Crippen LogP contribution < -0.4 is 5.32 Å². The average molecular weight is 424 g/mol. The van der Waals surface area contributed by atoms with Gasteiger partial charge in [0, 0.05) is 10.0 Å². The number of fused-ring (bicyclic) bond motifs is 1. The molecule has 2 heterocycles. The maximum Gasteiger partial charge on any atom is 0.271 e. The van der Waals surface area contributed by atoms with Crippen molar-refractivity contribution in [2.45, 2.75) is 39.7 Å². The van der Waals surface area contributed by atoms with Crippen LogP contribution in [0, 0.1) is 13.8 Å². The van der Waals surface area contributed by atoms with Crippen molar-refractivity contribution in [3.8, 4) is 5.69 Å². The van der Waals surface area contributed by atoms with Crippen molar-refractivity contribution in [1.29, 1.82) is 0 Å². The molecule has 4 nitrogen and oxygen atoms in total. The lowest BCUT2D eigenvalue weighted by atomic mass is 9.95. The van der Waals surface area contributed by atoms with Gasteiger partial charge in [-0.25, -0.2) is 4.68 Å². The Labute approximate surface area is 167 Å². The molecule has 1 atom stereocenters. The van der Waals surface area contributed by atoms with E-state index < -0.39 is 0 Å². The van der Waals surface area contributed by atoms with Gasteiger partial charge in [0.25, 0.3) is 5.91 Å². The fourth-order valence-electron chi connectivity index (χ4n) is 3.81. The van der Waals surface area contributed by atoms with Crippen molar-refractivity contribution < 1.29 is 4.79 Å². The minimum Gasteiger partial charge on any atom is -0.340 e. The van der Waals surface area contributed by atoms with Gasteiger partial charge in [-0.1, -0.05) is 48.0 Å². The van der Waals surface area contributed by atoms with Crippen molar-refractivity contribution in [3.05, 3.63) is 80.6 Å². The van der Waals surface area contributed by atoms with Gasteiger partial charge in [-0.3, -0.25) is 4.79 Å². The first-order valence-corrected chi connectivity index (χ1v) is 9.92. The van der Waals surface area contributed by atoms with Gasteiger partial charge in [0.15, 0.2) is 0 Å². The monoisotopic (exact) mass is 423 g/mol. The van der Waals surface area contributed by atoms with Gasteiger partial charge in [0.1, 0.15) is 5.69 Å². The maximum atomic E-state index is 12.9. The first-order valence-electron chi connectivity index (χ1n) is 9.13. The quantitative estimate of drug-likeness (QED) is 0.628. The largest absolute Gasteiger partial charge is 0.340 e. The number of halogens is 1. The molecule has 1 N–H and O–H groups in total. The van der Waals surface area contributed by atoms with Crippen molar-refractivity contribution in [2.75, 3.05) is 0 Å². The second-order valence-electron chi connectivity index (χ2n) is 7.52. The molecule has 2 aromatic carbocycles. The minimum absolute atomic E-state index is 0.0727. The van der Waals surface area contributed by atoms with Crippen LogP contribution in [0.3, 0.4) is 0 Å². The maximum absolute atomic E-state index is 12.9. The molecule has 1 aliphatic heterocycles. The summed E-state index contributed by atoms with van der Waals surface area (Å²) in [4.78, 5) is 12.9. The summed E-state index contributed by atoms with van der Waals surface area (Å²) in [7, 11) is 0. The Balaban J connectivity index is 1.93. The number of amides is 1. The number of nitrogens with zero attached hydrogens (tertiary/aromatic N) is 2. The summed E-state index contributed by atoms with van der Waals surface area (Å²) in [6, 6.07) is 14.2. The number of hydrogen-bond donors (Lipinski definition) is 1. The van der Waals surface area contributed by atoms with E-state index in [9.17, 15) is 4.79 Å². The van der Waals surface area contributed by atoms with Crippen LogP contribution in [0.4, 0.5) is 0 Å². The summed E-state index contributed by atoms with van der Waals surface area (Å²) >= 11 is 3.48. The van der Waals surface area contributed by atoms with Crippen LogP contribution >= 0.6 is 15.9 Å². The van der Waals surface area contributed by atoms with Crippen LogP contribution in [-0.2, 0) is 0 Å². The summed E-state index contributed by atoms with van der Waals surface area (Å²) in [5.74, 6) is 0.146. The van der Waals surface area contributed by atoms with Crippen LogP contribution in [-0.4, -0.2) is 15.7 Å². The number of hydrogen-bond acceptors (Lipinski definition) is 2. The molecule has 0 spiro atoms. The van der Waals surface area contributed by atoms with Crippen molar-refractivity contribution in [2.24, 2.45) is 0 Å². The van der Waals surface area contributed by atoms with Crippen LogP contribution in [0.2, 0.25) is 0 Å². The normalized spacial score (nSPS) is 15.9. The van der Waals surface area contributed by atoms with E-state index in [-0.39, 0.29) is 17.9 Å². The highest BCUT2D eigenvalue weighted by Crippen LogP contribution is 2.38. The molecule has 3 aromatic rings. The van der Waals surface area contributed by atoms with Gasteiger partial charge in [0.2, 0.25) is 0 Å². The number of carbonyl (C=O) groups excluding carboxylic acids is 1. The minimum atomic E-state index is -0.169. The van der Waals surface area contributed by atoms with Gasteiger partial charge in [0.05, 0.1) is 17.4 Å². The summed E-state index contributed by atoms with van der Waals surface area (Å²) in [5, 5.41) is 8.03. The zero-order valence-electron chi connectivity index (χ0n) is 15.9. The molecule has 0 saturated carbocycles. The molecular formula is C22H22BrN3O. The van der Waals surface area contributed by atoms with Gasteiger partial charge >= 0.3 is 0 Å². The molecule has 1 amide bonds. The Hall–Kier alpha value is -2.40. The molecule has 0 fully saturated rings. The van der Waals surface area contributed by atoms with E-state index in [0.29, 0.717) is 5.69 Å². The summed E-state index contributed by atoms with van der Waals surface area (Å²) in [6.45, 7) is 8.37. The van der Waals surface area contributed by atoms with Gasteiger partial charge in [-0.2, -0.15) is 5.10 Å². The average Bonchev–Trinajstić information content (AvgIpc) is 3.14. The van der Waals surface area contributed by atoms with Crippen LogP contribution in [0.1, 0.15) is 64.2 Å². The highest BCUT2D eigenvalue weighted by molar-refractivity contribution is 9.10. The molecule has 0 bridgehead atoms. The lowest BCUT2D eigenvalue weighted by molar-refractivity contribution is 0.0953. The number of rotatable bonds is 3. The standard InChI is InChI=1S/C22H22BrN3O/c1-12(2)19-18-20(15-5-7-16(23)8-6-15)24-22(27)21(18)26(25-19)17-10-13(3)9-14(4)11-17/h5-12,20H,1-4H3,(H,24,27). The molecule has 4 rings (SSSR count). The Bertz CT molecular complexity index is 1010. The zero-order valence-corrected chi connectivity index (χ0v) is 17.5. The van der Waals surface area contributed by atoms with E-state index in [2.05, 4.69) is 67.1 Å². The fourth-order valence-corrected chi connectivity index (χ4v) is 4.08. The van der Waals surface area contributed by atoms with E-state index >= 15 is 0 Å². The molecule has 1 unspecified atom stereocenters. The fraction of sp³-hybridized carbons (Fsp3) is 0.273. The lowest BCUT2D eigenvalue weighted by Gasteiger charge is -2.14. The Morgan fingerprint density at radius 3 is 2.30 bits per heavy atom. The van der Waals surface area contributed by atoms with Gasteiger partial charge in [-0.05, 0) is 60.7 Å². The van der Waals surface area contributed by atoms with Gasteiger partial charge < -0.3 is 5.32 Å². The first kappa shape index (κ1) is 18.0. The summed E-state index contributed by atoms with van der Waals surface area (Å²) < 4.78 is 2.84. The molecular weight excluding hydrogens is 402 g/mol. The zero-order chi connectivity index (χ0) is 19.3. The third-order valence-corrected chi connectivity index (χ3v) is 5.46. The predicted octanol–water partition coefficient (Wildman–Crippen LogP) is 5.21. The molecule has 138 valence electrons. The molecule has 1 aromatic heterocycles. The Kier molecular flexibility index (Phi) is 4.42. The molecule has 0 saturated heterocycles. The van der Waals surface area contributed by atoms with E-state index in [4.69, 9.17) is 5.10 Å². The topological polar surface area (TPSA) is 46.9 Å². The SMILES string of the molecule is Cc1cc(C)cc(-n2nc(C(C)C)c3c2C(=O)NC3c2ccc(Br)cc2)c1. The van der Waals surface area contributed by atoms with E-state index in [1.54, 1.807) is 0 Å². The molecule has 27 heavy (non-hydrogen) atoms. The van der Waals surface area contributed by atoms with Crippen molar-refractivity contribution in [3.63, 3.8) is 0 Å². The lowest BCUT2D eigenvalue weighted by Crippen LogP contribution is -2.23. The van der Waals surface area contributed by atoms with Crippen LogP contribution in [0.15, 0.2) is 46.9 Å². The van der Waals surface area contributed by atoms with Crippen molar-refractivity contribution in [1.82, 2.24) is 15.1 Å². The highest BCUT2D eigenvalue weighted by atomic mass is 79.9. The van der Waals surface area contributed by atoms with E-state index in [0.717, 1.165) is 38.1 Å². The van der Waals surface area contributed by atoms with E-state index in [1.165, 1.54) is 0 Å². The highest BCUT2D eigenvalue weighted by Gasteiger charge is 2.38. The number of aromatic nitrogens is 2. The number of nitrogens with one attached hydrogen (secondary N) is 1. The second kappa shape index (κ2) is 6.64. The van der Waals surface area contributed by atoms with Crippen LogP contribution in [0.5, 0.6) is 0 Å². The van der Waals surface area contributed by atoms with Gasteiger partial charge in [-0.15, -0.1) is 0 Å². The second-order valence-corrected chi connectivity index (χ2v) is 8.43. The first-order chi connectivity index (χ1) is 12.8. The summed E-state index contributed by atoms with van der Waals surface area (Å²) in [5.41, 5.74) is 6.92.